The van der Waals surface area contributed by atoms with Crippen LogP contribution in [-0.2, 0) is 0 Å². The fourth-order valence-corrected chi connectivity index (χ4v) is 2.76. The molecule has 0 amide bonds. The van der Waals surface area contributed by atoms with Crippen molar-refractivity contribution in [2.45, 2.75) is 0 Å². The third-order valence-electron chi connectivity index (χ3n) is 3.78. The number of hydrogen-bond acceptors (Lipinski definition) is 6. The summed E-state index contributed by atoms with van der Waals surface area (Å²) in [5.74, 6) is 1.21. The van der Waals surface area contributed by atoms with E-state index in [0.717, 1.165) is 0 Å². The van der Waals surface area contributed by atoms with E-state index in [0.29, 0.717) is 51.3 Å². The number of fused-ring (bicyclic) bond motifs is 1. The van der Waals surface area contributed by atoms with Gasteiger partial charge in [-0.15, -0.1) is 11.6 Å². The van der Waals surface area contributed by atoms with Gasteiger partial charge < -0.3 is 14.8 Å². The number of benzene rings is 2. The van der Waals surface area contributed by atoms with Gasteiger partial charge in [0.15, 0.2) is 11.5 Å². The summed E-state index contributed by atoms with van der Waals surface area (Å²) in [6, 6.07) is 10.2. The van der Waals surface area contributed by atoms with Crippen LogP contribution in [0.2, 0.25) is 5.02 Å². The molecule has 0 fully saturated rings. The number of nitrogens with one attached hydrogen (secondary N) is 1. The molecule has 0 spiro atoms. The van der Waals surface area contributed by atoms with Gasteiger partial charge >= 0.3 is 5.69 Å². The second-order valence-corrected chi connectivity index (χ2v) is 6.28. The van der Waals surface area contributed by atoms with Crippen molar-refractivity contribution in [1.29, 1.82) is 0 Å². The van der Waals surface area contributed by atoms with Gasteiger partial charge in [-0.2, -0.15) is 0 Å². The van der Waals surface area contributed by atoms with E-state index >= 15 is 0 Å². The van der Waals surface area contributed by atoms with E-state index in [-0.39, 0.29) is 5.69 Å². The molecule has 0 saturated carbocycles. The van der Waals surface area contributed by atoms with E-state index in [4.69, 9.17) is 32.7 Å². The van der Waals surface area contributed by atoms with Crippen LogP contribution >= 0.6 is 23.2 Å². The fraction of sp³-hybridized carbons (Fsp3) is 0.167. The monoisotopic (exact) mass is 407 g/mol. The Balaban J connectivity index is 2.16. The largest absolute Gasteiger partial charge is 0.493 e. The maximum absolute atomic E-state index is 11.5. The van der Waals surface area contributed by atoms with Crippen molar-refractivity contribution in [3.8, 4) is 11.5 Å². The first-order valence-corrected chi connectivity index (χ1v) is 8.81. The number of nitrogens with zero attached hydrogens (tertiary/aromatic N) is 2. The van der Waals surface area contributed by atoms with Crippen molar-refractivity contribution in [3.05, 3.63) is 57.7 Å². The van der Waals surface area contributed by atoms with Crippen molar-refractivity contribution < 1.29 is 14.4 Å². The second-order valence-electron chi connectivity index (χ2n) is 5.47. The number of methoxy groups -OCH3 is 1. The number of anilines is 2. The first-order valence-electron chi connectivity index (χ1n) is 7.90. The van der Waals surface area contributed by atoms with E-state index < -0.39 is 4.92 Å². The lowest BCUT2D eigenvalue weighted by Gasteiger charge is -2.14. The summed E-state index contributed by atoms with van der Waals surface area (Å²) < 4.78 is 10.9. The van der Waals surface area contributed by atoms with Crippen molar-refractivity contribution in [1.82, 2.24) is 4.98 Å². The molecule has 1 N–H and O–H groups in total. The maximum atomic E-state index is 11.5. The van der Waals surface area contributed by atoms with Gasteiger partial charge in [-0.05, 0) is 30.3 Å². The molecule has 1 heterocycles. The highest BCUT2D eigenvalue weighted by atomic mass is 35.5. The smallest absolute Gasteiger partial charge is 0.311 e. The quantitative estimate of drug-likeness (QED) is 0.330. The van der Waals surface area contributed by atoms with E-state index in [9.17, 15) is 10.1 Å². The predicted octanol–water partition coefficient (Wildman–Crippen LogP) is 5.17. The topological polar surface area (TPSA) is 86.5 Å². The average molecular weight is 408 g/mol. The van der Waals surface area contributed by atoms with Gasteiger partial charge in [-0.1, -0.05) is 11.6 Å². The van der Waals surface area contributed by atoms with Crippen molar-refractivity contribution in [2.75, 3.05) is 24.9 Å². The molecule has 0 bridgehead atoms. The Morgan fingerprint density at radius 2 is 1.96 bits per heavy atom. The first kappa shape index (κ1) is 19.0. The second kappa shape index (κ2) is 8.28. The minimum atomic E-state index is -0.491. The summed E-state index contributed by atoms with van der Waals surface area (Å²) in [6.07, 6.45) is 1.21. The Labute approximate surface area is 165 Å². The number of halogens is 2. The molecule has 3 aromatic rings. The molecule has 7 nitrogen and oxygen atoms in total. The molecular weight excluding hydrogens is 393 g/mol. The molecule has 0 saturated heterocycles. The van der Waals surface area contributed by atoms with Crippen LogP contribution in [0.5, 0.6) is 11.5 Å². The molecule has 0 radical (unpaired) electrons. The van der Waals surface area contributed by atoms with Gasteiger partial charge in [0.25, 0.3) is 0 Å². The number of alkyl halides is 1. The summed E-state index contributed by atoms with van der Waals surface area (Å²) in [4.78, 5) is 15.2. The van der Waals surface area contributed by atoms with Crippen molar-refractivity contribution in [3.63, 3.8) is 0 Å². The molecule has 0 aliphatic rings. The average Bonchev–Trinajstić information content (AvgIpc) is 2.67. The highest BCUT2D eigenvalue weighted by Gasteiger charge is 2.20. The Morgan fingerprint density at radius 3 is 2.59 bits per heavy atom. The Kier molecular flexibility index (Phi) is 5.83. The molecule has 0 unspecified atom stereocenters. The lowest BCUT2D eigenvalue weighted by Crippen LogP contribution is -2.02. The Bertz CT molecular complexity index is 980. The molecule has 0 aliphatic carbocycles. The van der Waals surface area contributed by atoms with Crippen LogP contribution in [0, 0.1) is 10.1 Å². The summed E-state index contributed by atoms with van der Waals surface area (Å²) in [5.41, 5.74) is 1.31. The molecular formula is C18H15Cl2N3O4. The fourth-order valence-electron chi connectivity index (χ4n) is 2.56. The number of nitro groups is 1. The molecule has 3 rings (SSSR count). The zero-order valence-corrected chi connectivity index (χ0v) is 15.8. The van der Waals surface area contributed by atoms with Gasteiger partial charge in [0, 0.05) is 22.2 Å². The Morgan fingerprint density at radius 1 is 1.22 bits per heavy atom. The Hall–Kier alpha value is -2.77. The first-order chi connectivity index (χ1) is 13.0. The summed E-state index contributed by atoms with van der Waals surface area (Å²) in [6.45, 7) is 0.298. The minimum absolute atomic E-state index is 0.158. The molecule has 2 aromatic carbocycles. The highest BCUT2D eigenvalue weighted by Crippen LogP contribution is 2.39. The van der Waals surface area contributed by atoms with Gasteiger partial charge in [-0.3, -0.25) is 10.1 Å². The number of ether oxygens (including phenoxy) is 2. The zero-order valence-electron chi connectivity index (χ0n) is 14.2. The summed E-state index contributed by atoms with van der Waals surface area (Å²) in [7, 11) is 1.49. The standard InChI is InChI=1S/C18H15Cl2N3O4/c1-26-16-8-13-14(9-17(16)27-7-6-19)21-10-15(23(24)25)18(13)22-12-4-2-11(20)3-5-12/h2-5,8-10H,6-7H2,1H3,(H,21,22). The number of aromatic nitrogens is 1. The predicted molar refractivity (Wildman–Crippen MR) is 106 cm³/mol. The zero-order chi connectivity index (χ0) is 19.4. The molecule has 0 atom stereocenters. The lowest BCUT2D eigenvalue weighted by atomic mass is 10.1. The molecule has 140 valence electrons. The molecule has 1 aromatic heterocycles. The van der Waals surface area contributed by atoms with Gasteiger partial charge in [-0.25, -0.2) is 4.98 Å². The van der Waals surface area contributed by atoms with Crippen LogP contribution in [-0.4, -0.2) is 29.5 Å². The third-order valence-corrected chi connectivity index (χ3v) is 4.18. The minimum Gasteiger partial charge on any atom is -0.493 e. The van der Waals surface area contributed by atoms with Crippen molar-refractivity contribution >= 4 is 51.2 Å². The summed E-state index contributed by atoms with van der Waals surface area (Å²) in [5, 5.41) is 15.7. The maximum Gasteiger partial charge on any atom is 0.311 e. The van der Waals surface area contributed by atoms with Crippen LogP contribution in [0.4, 0.5) is 17.1 Å². The number of pyridine rings is 1. The molecule has 27 heavy (non-hydrogen) atoms. The van der Waals surface area contributed by atoms with Crippen LogP contribution in [0.1, 0.15) is 0 Å². The molecule has 0 aliphatic heterocycles. The number of hydrogen-bond donors (Lipinski definition) is 1. The van der Waals surface area contributed by atoms with E-state index in [1.165, 1.54) is 13.3 Å². The van der Waals surface area contributed by atoms with Gasteiger partial charge in [0.1, 0.15) is 18.5 Å². The summed E-state index contributed by atoms with van der Waals surface area (Å²) >= 11 is 11.6. The highest BCUT2D eigenvalue weighted by molar-refractivity contribution is 6.30. The van der Waals surface area contributed by atoms with E-state index in [1.54, 1.807) is 36.4 Å². The number of rotatable bonds is 7. The van der Waals surface area contributed by atoms with Crippen LogP contribution in [0.3, 0.4) is 0 Å². The normalized spacial score (nSPS) is 10.6. The lowest BCUT2D eigenvalue weighted by molar-refractivity contribution is -0.384. The van der Waals surface area contributed by atoms with Crippen LogP contribution in [0.25, 0.3) is 10.9 Å². The van der Waals surface area contributed by atoms with Gasteiger partial charge in [0.05, 0.1) is 23.4 Å². The van der Waals surface area contributed by atoms with Gasteiger partial charge in [0.2, 0.25) is 0 Å². The van der Waals surface area contributed by atoms with Crippen molar-refractivity contribution in [2.24, 2.45) is 0 Å². The van der Waals surface area contributed by atoms with E-state index in [2.05, 4.69) is 10.3 Å². The van der Waals surface area contributed by atoms with Crippen LogP contribution < -0.4 is 14.8 Å². The third kappa shape index (κ3) is 4.15. The SMILES string of the molecule is COc1cc2c(Nc3ccc(Cl)cc3)c([N+](=O)[O-])cnc2cc1OCCCl. The van der Waals surface area contributed by atoms with Crippen LogP contribution in [0.15, 0.2) is 42.6 Å². The van der Waals surface area contributed by atoms with E-state index in [1.807, 2.05) is 0 Å². The molecule has 9 heteroatoms.